The van der Waals surface area contributed by atoms with Gasteiger partial charge in [-0.3, -0.25) is 0 Å². The van der Waals surface area contributed by atoms with E-state index in [0.29, 0.717) is 17.9 Å². The molecule has 2 rings (SSSR count). The predicted octanol–water partition coefficient (Wildman–Crippen LogP) is 3.95. The molecule has 3 unspecified atom stereocenters. The molecular weight excluding hydrogens is 234 g/mol. The van der Waals surface area contributed by atoms with Crippen molar-refractivity contribution in [1.82, 2.24) is 0 Å². The van der Waals surface area contributed by atoms with E-state index in [4.69, 9.17) is 10.5 Å². The van der Waals surface area contributed by atoms with Crippen molar-refractivity contribution in [3.8, 4) is 5.75 Å². The van der Waals surface area contributed by atoms with Crippen molar-refractivity contribution in [3.05, 3.63) is 29.8 Å². The summed E-state index contributed by atoms with van der Waals surface area (Å²) in [6.45, 7) is 7.47. The molecule has 0 bridgehead atoms. The van der Waals surface area contributed by atoms with Crippen molar-refractivity contribution in [2.45, 2.75) is 52.1 Å². The van der Waals surface area contributed by atoms with Gasteiger partial charge in [0.25, 0.3) is 0 Å². The average Bonchev–Trinajstić information content (AvgIpc) is 2.39. The topological polar surface area (TPSA) is 35.2 Å². The third-order valence-electron chi connectivity index (χ3n) is 4.33. The number of rotatable bonds is 4. The molecule has 1 aliphatic rings. The van der Waals surface area contributed by atoms with Gasteiger partial charge in [0, 0.05) is 5.92 Å². The van der Waals surface area contributed by atoms with Crippen LogP contribution in [0.3, 0.4) is 0 Å². The fourth-order valence-corrected chi connectivity index (χ4v) is 2.91. The van der Waals surface area contributed by atoms with Gasteiger partial charge in [-0.15, -0.1) is 0 Å². The molecule has 106 valence electrons. The van der Waals surface area contributed by atoms with Gasteiger partial charge in [0.05, 0.1) is 0 Å². The molecule has 2 nitrogen and oxygen atoms in total. The summed E-state index contributed by atoms with van der Waals surface area (Å²) in [5, 5.41) is 0. The van der Waals surface area contributed by atoms with Crippen LogP contribution in [0.1, 0.15) is 51.5 Å². The van der Waals surface area contributed by atoms with Gasteiger partial charge in [-0.2, -0.15) is 0 Å². The second kappa shape index (κ2) is 6.42. The number of nitrogens with two attached hydrogens (primary N) is 1. The summed E-state index contributed by atoms with van der Waals surface area (Å²) >= 11 is 0. The quantitative estimate of drug-likeness (QED) is 0.890. The van der Waals surface area contributed by atoms with Crippen molar-refractivity contribution in [2.75, 3.05) is 6.54 Å². The largest absolute Gasteiger partial charge is 0.490 e. The highest BCUT2D eigenvalue weighted by Crippen LogP contribution is 2.31. The molecule has 2 heteroatoms. The predicted molar refractivity (Wildman–Crippen MR) is 80.5 cm³/mol. The standard InChI is InChI=1S/C17H27NO/c1-12(2)14-6-8-16(9-7-14)19-17-10-13(3)4-5-15(17)11-18/h6-9,12-13,15,17H,4-5,10-11,18H2,1-3H3. The molecule has 3 atom stereocenters. The highest BCUT2D eigenvalue weighted by molar-refractivity contribution is 5.29. The van der Waals surface area contributed by atoms with Gasteiger partial charge in [0.15, 0.2) is 0 Å². The molecule has 1 aromatic carbocycles. The highest BCUT2D eigenvalue weighted by atomic mass is 16.5. The third kappa shape index (κ3) is 3.73. The van der Waals surface area contributed by atoms with E-state index in [1.807, 2.05) is 0 Å². The molecule has 1 aliphatic carbocycles. The van der Waals surface area contributed by atoms with Crippen molar-refractivity contribution < 1.29 is 4.74 Å². The number of hydrogen-bond acceptors (Lipinski definition) is 2. The molecule has 0 aromatic heterocycles. The Morgan fingerprint density at radius 3 is 2.47 bits per heavy atom. The fraction of sp³-hybridized carbons (Fsp3) is 0.647. The molecule has 19 heavy (non-hydrogen) atoms. The maximum Gasteiger partial charge on any atom is 0.119 e. The lowest BCUT2D eigenvalue weighted by molar-refractivity contribution is 0.0742. The Morgan fingerprint density at radius 2 is 1.89 bits per heavy atom. The molecule has 0 aliphatic heterocycles. The molecule has 0 radical (unpaired) electrons. The first-order valence-corrected chi connectivity index (χ1v) is 7.56. The zero-order valence-electron chi connectivity index (χ0n) is 12.4. The second-order valence-electron chi connectivity index (χ2n) is 6.29. The van der Waals surface area contributed by atoms with Crippen LogP contribution in [-0.4, -0.2) is 12.6 Å². The van der Waals surface area contributed by atoms with E-state index in [2.05, 4.69) is 45.0 Å². The van der Waals surface area contributed by atoms with Crippen molar-refractivity contribution >= 4 is 0 Å². The summed E-state index contributed by atoms with van der Waals surface area (Å²) in [6, 6.07) is 8.54. The van der Waals surface area contributed by atoms with Crippen molar-refractivity contribution in [3.63, 3.8) is 0 Å². The van der Waals surface area contributed by atoms with Gasteiger partial charge < -0.3 is 10.5 Å². The van der Waals surface area contributed by atoms with Crippen molar-refractivity contribution in [2.24, 2.45) is 17.6 Å². The Balaban J connectivity index is 2.02. The Hall–Kier alpha value is -1.02. The minimum absolute atomic E-state index is 0.290. The molecule has 0 amide bonds. The molecule has 1 saturated carbocycles. The van der Waals surface area contributed by atoms with Crippen LogP contribution in [0.15, 0.2) is 24.3 Å². The van der Waals surface area contributed by atoms with Gasteiger partial charge in [-0.05, 0) is 48.9 Å². The van der Waals surface area contributed by atoms with Gasteiger partial charge in [0.1, 0.15) is 11.9 Å². The Labute approximate surface area is 117 Å². The molecule has 1 aromatic rings. The zero-order valence-corrected chi connectivity index (χ0v) is 12.4. The monoisotopic (exact) mass is 261 g/mol. The van der Waals surface area contributed by atoms with E-state index in [0.717, 1.165) is 24.6 Å². The first-order valence-electron chi connectivity index (χ1n) is 7.56. The Kier molecular flexibility index (Phi) is 4.87. The van der Waals surface area contributed by atoms with Crippen LogP contribution in [0.4, 0.5) is 0 Å². The summed E-state index contributed by atoms with van der Waals surface area (Å²) in [6.07, 6.45) is 3.91. The minimum Gasteiger partial charge on any atom is -0.490 e. The van der Waals surface area contributed by atoms with Crippen molar-refractivity contribution in [1.29, 1.82) is 0 Å². The van der Waals surface area contributed by atoms with Gasteiger partial charge in [-0.1, -0.05) is 39.3 Å². The number of ether oxygens (including phenoxy) is 1. The normalized spacial score (nSPS) is 27.5. The smallest absolute Gasteiger partial charge is 0.119 e. The molecular formula is C17H27NO. The summed E-state index contributed by atoms with van der Waals surface area (Å²) in [5.41, 5.74) is 7.24. The molecule has 2 N–H and O–H groups in total. The van der Waals surface area contributed by atoms with Gasteiger partial charge in [0.2, 0.25) is 0 Å². The summed E-state index contributed by atoms with van der Waals surface area (Å²) < 4.78 is 6.18. The van der Waals surface area contributed by atoms with Crippen LogP contribution < -0.4 is 10.5 Å². The SMILES string of the molecule is CC1CCC(CN)C(Oc2ccc(C(C)C)cc2)C1. The van der Waals surface area contributed by atoms with Crippen LogP contribution in [0.5, 0.6) is 5.75 Å². The second-order valence-corrected chi connectivity index (χ2v) is 6.29. The zero-order chi connectivity index (χ0) is 13.8. The fourth-order valence-electron chi connectivity index (χ4n) is 2.91. The Bertz CT molecular complexity index is 385. The first-order chi connectivity index (χ1) is 9.10. The van der Waals surface area contributed by atoms with Crippen LogP contribution in [-0.2, 0) is 0 Å². The minimum atomic E-state index is 0.290. The van der Waals surface area contributed by atoms with Crippen LogP contribution in [0, 0.1) is 11.8 Å². The molecule has 0 saturated heterocycles. The number of hydrogen-bond donors (Lipinski definition) is 1. The van der Waals surface area contributed by atoms with Gasteiger partial charge >= 0.3 is 0 Å². The van der Waals surface area contributed by atoms with E-state index in [1.54, 1.807) is 0 Å². The lowest BCUT2D eigenvalue weighted by Crippen LogP contribution is -2.37. The van der Waals surface area contributed by atoms with E-state index < -0.39 is 0 Å². The van der Waals surface area contributed by atoms with E-state index in [-0.39, 0.29) is 0 Å². The third-order valence-corrected chi connectivity index (χ3v) is 4.33. The molecule has 1 fully saturated rings. The van der Waals surface area contributed by atoms with Crippen LogP contribution >= 0.6 is 0 Å². The van der Waals surface area contributed by atoms with Crippen LogP contribution in [0.2, 0.25) is 0 Å². The summed E-state index contributed by atoms with van der Waals surface area (Å²) in [5.74, 6) is 2.83. The lowest BCUT2D eigenvalue weighted by Gasteiger charge is -2.34. The Morgan fingerprint density at radius 1 is 1.21 bits per heavy atom. The average molecular weight is 261 g/mol. The molecule has 0 spiro atoms. The lowest BCUT2D eigenvalue weighted by atomic mass is 9.80. The molecule has 0 heterocycles. The van der Waals surface area contributed by atoms with Crippen LogP contribution in [0.25, 0.3) is 0 Å². The maximum atomic E-state index is 6.18. The number of benzene rings is 1. The summed E-state index contributed by atoms with van der Waals surface area (Å²) in [4.78, 5) is 0. The highest BCUT2D eigenvalue weighted by Gasteiger charge is 2.29. The summed E-state index contributed by atoms with van der Waals surface area (Å²) in [7, 11) is 0. The maximum absolute atomic E-state index is 6.18. The van der Waals surface area contributed by atoms with Gasteiger partial charge in [-0.25, -0.2) is 0 Å². The van der Waals surface area contributed by atoms with E-state index in [9.17, 15) is 0 Å². The van der Waals surface area contributed by atoms with E-state index in [1.165, 1.54) is 18.4 Å². The van der Waals surface area contributed by atoms with E-state index >= 15 is 0 Å². The first kappa shape index (κ1) is 14.4.